The van der Waals surface area contributed by atoms with E-state index in [1.807, 2.05) is 0 Å². The average molecular weight is 120 g/mol. The van der Waals surface area contributed by atoms with E-state index in [9.17, 15) is 17.6 Å². The second-order valence-corrected chi connectivity index (χ2v) is 0.749. The molecule has 46 valence electrons. The lowest BCUT2D eigenvalue weighted by Gasteiger charge is -1.93. The average Bonchev–Trinajstić information content (AvgIpc) is 1.35. The monoisotopic (exact) mass is 120 g/mol. The van der Waals surface area contributed by atoms with Crippen LogP contribution in [0.5, 0.6) is 0 Å². The van der Waals surface area contributed by atoms with Crippen molar-refractivity contribution < 1.29 is 23.0 Å². The van der Waals surface area contributed by atoms with Crippen LogP contribution in [0.2, 0.25) is 0 Å². The Hall–Kier alpha value is -0.320. The van der Waals surface area contributed by atoms with Crippen LogP contribution in [0.1, 0.15) is 0 Å². The summed E-state index contributed by atoms with van der Waals surface area (Å²) in [5.74, 6) is 0. The molecule has 1 nitrogen and oxygen atoms in total. The molecule has 0 fully saturated rings. The molecule has 0 spiro atoms. The normalized spacial score (nSPS) is 10.3. The summed E-state index contributed by atoms with van der Waals surface area (Å²) in [6.07, 6.45) is -4.62. The van der Waals surface area contributed by atoms with E-state index < -0.39 is 12.9 Å². The Kier molecular flexibility index (Phi) is 3.92. The first kappa shape index (κ1) is 9.84. The number of alkyl halides is 4. The standard InChI is InChI=1S/C2H2F4.H2O/c3-1-2(4,5)6;/h1H2;1H2. The molecule has 5 heteroatoms. The van der Waals surface area contributed by atoms with Gasteiger partial charge in [-0.05, 0) is 0 Å². The molecular weight excluding hydrogens is 116 g/mol. The lowest BCUT2D eigenvalue weighted by Crippen LogP contribution is -2.08. The maximum absolute atomic E-state index is 10.4. The lowest BCUT2D eigenvalue weighted by molar-refractivity contribution is -0.142. The zero-order valence-corrected chi connectivity index (χ0v) is 3.22. The third-order valence-electron chi connectivity index (χ3n) is 0.152. The van der Waals surface area contributed by atoms with Gasteiger partial charge in [0.2, 0.25) is 0 Å². The predicted molar refractivity (Wildman–Crippen MR) is 15.6 cm³/mol. The predicted octanol–water partition coefficient (Wildman–Crippen LogP) is 0.694. The molecule has 0 aliphatic carbocycles. The third kappa shape index (κ3) is 10.7. The Morgan fingerprint density at radius 1 is 1.14 bits per heavy atom. The van der Waals surface area contributed by atoms with E-state index in [4.69, 9.17) is 0 Å². The topological polar surface area (TPSA) is 31.5 Å². The van der Waals surface area contributed by atoms with E-state index in [-0.39, 0.29) is 5.48 Å². The van der Waals surface area contributed by atoms with Gasteiger partial charge in [-0.25, -0.2) is 4.39 Å². The quantitative estimate of drug-likeness (QED) is 0.421. The first-order chi connectivity index (χ1) is 2.56. The van der Waals surface area contributed by atoms with Crippen LogP contribution in [0.25, 0.3) is 0 Å². The van der Waals surface area contributed by atoms with E-state index in [0.29, 0.717) is 0 Å². The highest BCUT2D eigenvalue weighted by molar-refractivity contribution is 4.39. The summed E-state index contributed by atoms with van der Waals surface area (Å²) in [6, 6.07) is 0. The molecule has 0 unspecified atom stereocenters. The minimum Gasteiger partial charge on any atom is -0.412 e. The molecule has 0 aromatic rings. The molecule has 0 atom stereocenters. The molecule has 0 aromatic carbocycles. The van der Waals surface area contributed by atoms with Crippen molar-refractivity contribution in [2.45, 2.75) is 6.18 Å². The number of hydrogen-bond acceptors (Lipinski definition) is 0. The van der Waals surface area contributed by atoms with Crippen LogP contribution >= 0.6 is 0 Å². The van der Waals surface area contributed by atoms with Gasteiger partial charge < -0.3 is 5.48 Å². The highest BCUT2D eigenvalue weighted by Gasteiger charge is 2.26. The van der Waals surface area contributed by atoms with Crippen molar-refractivity contribution in [1.29, 1.82) is 0 Å². The number of rotatable bonds is 0. The molecular formula is C2H4F4O. The Balaban J connectivity index is 0. The van der Waals surface area contributed by atoms with Crippen LogP contribution in [-0.2, 0) is 0 Å². The van der Waals surface area contributed by atoms with E-state index in [2.05, 4.69) is 0 Å². The summed E-state index contributed by atoms with van der Waals surface area (Å²) in [4.78, 5) is 0. The highest BCUT2D eigenvalue weighted by atomic mass is 19.4. The fourth-order valence-corrected chi connectivity index (χ4v) is 0. The van der Waals surface area contributed by atoms with Gasteiger partial charge in [0.25, 0.3) is 0 Å². The van der Waals surface area contributed by atoms with Crippen molar-refractivity contribution >= 4 is 0 Å². The lowest BCUT2D eigenvalue weighted by atomic mass is 10.8. The van der Waals surface area contributed by atoms with Crippen LogP contribution in [-0.4, -0.2) is 18.3 Å². The minimum absolute atomic E-state index is 0. The van der Waals surface area contributed by atoms with Crippen molar-refractivity contribution in [2.24, 2.45) is 0 Å². The van der Waals surface area contributed by atoms with E-state index in [0.717, 1.165) is 0 Å². The van der Waals surface area contributed by atoms with E-state index in [1.54, 1.807) is 0 Å². The maximum atomic E-state index is 10.4. The van der Waals surface area contributed by atoms with Crippen molar-refractivity contribution in [1.82, 2.24) is 0 Å². The van der Waals surface area contributed by atoms with Gasteiger partial charge in [0, 0.05) is 0 Å². The van der Waals surface area contributed by atoms with Crippen molar-refractivity contribution in [2.75, 3.05) is 6.67 Å². The van der Waals surface area contributed by atoms with Crippen LogP contribution in [0.15, 0.2) is 0 Å². The molecule has 0 aliphatic heterocycles. The highest BCUT2D eigenvalue weighted by Crippen LogP contribution is 2.13. The summed E-state index contributed by atoms with van der Waals surface area (Å²) in [6.45, 7) is -2.23. The largest absolute Gasteiger partial charge is 0.416 e. The van der Waals surface area contributed by atoms with Gasteiger partial charge in [-0.2, -0.15) is 13.2 Å². The van der Waals surface area contributed by atoms with Gasteiger partial charge in [0.15, 0.2) is 6.67 Å². The fourth-order valence-electron chi connectivity index (χ4n) is 0. The van der Waals surface area contributed by atoms with Gasteiger partial charge in [0.05, 0.1) is 0 Å². The van der Waals surface area contributed by atoms with Crippen LogP contribution < -0.4 is 0 Å². The summed E-state index contributed by atoms with van der Waals surface area (Å²) < 4.78 is 41.6. The van der Waals surface area contributed by atoms with Crippen molar-refractivity contribution in [3.05, 3.63) is 0 Å². The second-order valence-electron chi connectivity index (χ2n) is 0.749. The molecule has 0 bridgehead atoms. The smallest absolute Gasteiger partial charge is 0.412 e. The molecule has 0 aromatic heterocycles. The van der Waals surface area contributed by atoms with Gasteiger partial charge in [0.1, 0.15) is 0 Å². The van der Waals surface area contributed by atoms with Crippen molar-refractivity contribution in [3.63, 3.8) is 0 Å². The van der Waals surface area contributed by atoms with Crippen LogP contribution in [0, 0.1) is 0 Å². The Bertz CT molecular complexity index is 39.4. The third-order valence-corrected chi connectivity index (χ3v) is 0.152. The molecule has 0 aliphatic rings. The molecule has 7 heavy (non-hydrogen) atoms. The molecule has 0 saturated carbocycles. The molecule has 0 heterocycles. The molecule has 0 saturated heterocycles. The van der Waals surface area contributed by atoms with E-state index >= 15 is 0 Å². The fraction of sp³-hybridized carbons (Fsp3) is 1.00. The summed E-state index contributed by atoms with van der Waals surface area (Å²) in [5, 5.41) is 0. The summed E-state index contributed by atoms with van der Waals surface area (Å²) in [7, 11) is 0. The van der Waals surface area contributed by atoms with Gasteiger partial charge in [-0.3, -0.25) is 0 Å². The minimum atomic E-state index is -4.62. The molecule has 0 radical (unpaired) electrons. The Labute approximate surface area is 37.2 Å². The molecule has 0 amide bonds. The van der Waals surface area contributed by atoms with Crippen LogP contribution in [0.4, 0.5) is 17.6 Å². The summed E-state index contributed by atoms with van der Waals surface area (Å²) in [5.41, 5.74) is 0. The number of hydrogen-bond donors (Lipinski definition) is 0. The zero-order valence-electron chi connectivity index (χ0n) is 3.22. The van der Waals surface area contributed by atoms with Crippen LogP contribution in [0.3, 0.4) is 0 Å². The first-order valence-electron chi connectivity index (χ1n) is 1.19. The number of halogens is 4. The Morgan fingerprint density at radius 3 is 1.29 bits per heavy atom. The molecule has 2 N–H and O–H groups in total. The van der Waals surface area contributed by atoms with E-state index in [1.165, 1.54) is 0 Å². The summed E-state index contributed by atoms with van der Waals surface area (Å²) >= 11 is 0. The molecule has 0 rings (SSSR count). The van der Waals surface area contributed by atoms with Gasteiger partial charge in [-0.15, -0.1) is 0 Å². The first-order valence-corrected chi connectivity index (χ1v) is 1.19. The van der Waals surface area contributed by atoms with Crippen molar-refractivity contribution in [3.8, 4) is 0 Å². The maximum Gasteiger partial charge on any atom is 0.416 e. The van der Waals surface area contributed by atoms with Gasteiger partial charge in [-0.1, -0.05) is 0 Å². The second kappa shape index (κ2) is 2.79. The Morgan fingerprint density at radius 2 is 1.29 bits per heavy atom. The van der Waals surface area contributed by atoms with Gasteiger partial charge >= 0.3 is 6.18 Å². The SMILES string of the molecule is FCC(F)(F)F.O. The zero-order chi connectivity index (χ0) is 5.21.